The number of aromatic nitrogens is 1. The largest absolute Gasteiger partial charge is 0.356 e. The number of carbonyl (C=O) groups excluding carboxylic acids is 2. The summed E-state index contributed by atoms with van der Waals surface area (Å²) in [5, 5.41) is 3.20. The van der Waals surface area contributed by atoms with Gasteiger partial charge in [-0.1, -0.05) is 23.8 Å². The van der Waals surface area contributed by atoms with Gasteiger partial charge in [0.2, 0.25) is 5.91 Å². The van der Waals surface area contributed by atoms with Crippen molar-refractivity contribution in [1.82, 2.24) is 20.1 Å². The number of hydrogen-bond acceptors (Lipinski definition) is 4. The average Bonchev–Trinajstić information content (AvgIpc) is 3.03. The zero-order valence-electron chi connectivity index (χ0n) is 21.0. The third-order valence-electron chi connectivity index (χ3n) is 8.24. The van der Waals surface area contributed by atoms with Crippen LogP contribution < -0.4 is 11.1 Å². The van der Waals surface area contributed by atoms with Crippen LogP contribution in [0.1, 0.15) is 59.7 Å². The van der Waals surface area contributed by atoms with E-state index >= 15 is 0 Å². The quantitative estimate of drug-likeness (QED) is 0.599. The highest BCUT2D eigenvalue weighted by molar-refractivity contribution is 9.10. The normalized spacial score (nSPS) is 21.4. The SMILES string of the molecule is Cc1ccc2c(c1)CCc1cc(Br)cnc1C2N1CCC(C(=O)NCC2CCN(C(N)=O)CC2)CC1. The first-order valence-corrected chi connectivity index (χ1v) is 14.0. The summed E-state index contributed by atoms with van der Waals surface area (Å²) in [6.45, 7) is 5.97. The van der Waals surface area contributed by atoms with E-state index in [1.165, 1.54) is 22.3 Å². The van der Waals surface area contributed by atoms with E-state index in [0.29, 0.717) is 25.6 Å². The Kier molecular flexibility index (Phi) is 7.62. The summed E-state index contributed by atoms with van der Waals surface area (Å²) in [6.07, 6.45) is 7.43. The number of rotatable bonds is 4. The van der Waals surface area contributed by atoms with Gasteiger partial charge in [-0.05, 0) is 103 Å². The van der Waals surface area contributed by atoms with Crippen LogP contribution in [0.2, 0.25) is 0 Å². The van der Waals surface area contributed by atoms with E-state index in [1.54, 1.807) is 4.90 Å². The predicted molar refractivity (Wildman–Crippen MR) is 144 cm³/mol. The number of nitrogens with two attached hydrogens (primary N) is 1. The number of amides is 3. The van der Waals surface area contributed by atoms with Crippen molar-refractivity contribution in [2.45, 2.75) is 51.5 Å². The standard InChI is InChI=1S/C28H36BrN5O2/c1-18-2-5-24-21(14-18)3-4-22-15-23(29)17-31-25(22)26(24)33-12-8-20(9-13-33)27(35)32-16-19-6-10-34(11-7-19)28(30)36/h2,5,14-15,17,19-20,26H,3-4,6-13,16H2,1H3,(H2,30,36)(H,32,35). The van der Waals surface area contributed by atoms with Gasteiger partial charge in [0, 0.05) is 36.2 Å². The number of likely N-dealkylation sites (tertiary alicyclic amines) is 2. The minimum Gasteiger partial charge on any atom is -0.356 e. The van der Waals surface area contributed by atoms with Crippen LogP contribution in [0, 0.1) is 18.8 Å². The van der Waals surface area contributed by atoms with Gasteiger partial charge >= 0.3 is 6.03 Å². The maximum absolute atomic E-state index is 13.0. The number of aryl methyl sites for hydroxylation is 3. The lowest BCUT2D eigenvalue weighted by atomic mass is 9.90. The van der Waals surface area contributed by atoms with Gasteiger partial charge in [0.05, 0.1) is 11.7 Å². The van der Waals surface area contributed by atoms with Gasteiger partial charge in [-0.15, -0.1) is 0 Å². The fourth-order valence-electron chi connectivity index (χ4n) is 6.11. The second-order valence-corrected chi connectivity index (χ2v) is 11.5. The first-order valence-electron chi connectivity index (χ1n) is 13.2. The highest BCUT2D eigenvalue weighted by atomic mass is 79.9. The number of halogens is 1. The minimum atomic E-state index is -0.346. The lowest BCUT2D eigenvalue weighted by Crippen LogP contribution is -2.46. The molecule has 0 radical (unpaired) electrons. The fourth-order valence-corrected chi connectivity index (χ4v) is 6.49. The van der Waals surface area contributed by atoms with Crippen LogP contribution in [0.5, 0.6) is 0 Å². The van der Waals surface area contributed by atoms with Gasteiger partial charge in [-0.3, -0.25) is 14.7 Å². The lowest BCUT2D eigenvalue weighted by molar-refractivity contribution is -0.126. The maximum atomic E-state index is 13.0. The monoisotopic (exact) mass is 553 g/mol. The molecule has 192 valence electrons. The molecule has 8 heteroatoms. The summed E-state index contributed by atoms with van der Waals surface area (Å²) in [6, 6.07) is 8.84. The summed E-state index contributed by atoms with van der Waals surface area (Å²) in [4.78, 5) is 33.4. The molecule has 0 saturated carbocycles. The summed E-state index contributed by atoms with van der Waals surface area (Å²) in [7, 11) is 0. The molecule has 1 aromatic heterocycles. The molecule has 0 spiro atoms. The molecular formula is C28H36BrN5O2. The van der Waals surface area contributed by atoms with Gasteiger partial charge in [-0.2, -0.15) is 0 Å². The van der Waals surface area contributed by atoms with Crippen molar-refractivity contribution < 1.29 is 9.59 Å². The third kappa shape index (κ3) is 5.44. The van der Waals surface area contributed by atoms with Gasteiger partial charge < -0.3 is 16.0 Å². The number of pyridine rings is 1. The molecule has 3 amide bonds. The Morgan fingerprint density at radius 3 is 2.50 bits per heavy atom. The van der Waals surface area contributed by atoms with Gasteiger partial charge in [0.1, 0.15) is 0 Å². The molecule has 7 nitrogen and oxygen atoms in total. The Hall–Kier alpha value is -2.45. The second-order valence-electron chi connectivity index (χ2n) is 10.6. The highest BCUT2D eigenvalue weighted by Gasteiger charge is 2.34. The van der Waals surface area contributed by atoms with Crippen molar-refractivity contribution in [3.63, 3.8) is 0 Å². The maximum Gasteiger partial charge on any atom is 0.314 e. The van der Waals surface area contributed by atoms with Crippen LogP contribution >= 0.6 is 15.9 Å². The molecule has 1 unspecified atom stereocenters. The molecular weight excluding hydrogens is 518 g/mol. The number of benzene rings is 1. The van der Waals surface area contributed by atoms with E-state index < -0.39 is 0 Å². The molecule has 1 atom stereocenters. The van der Waals surface area contributed by atoms with Crippen LogP contribution in [0.3, 0.4) is 0 Å². The Labute approximate surface area is 221 Å². The van der Waals surface area contributed by atoms with Crippen molar-refractivity contribution in [1.29, 1.82) is 0 Å². The number of nitrogens with zero attached hydrogens (tertiary/aromatic N) is 3. The molecule has 3 heterocycles. The Balaban J connectivity index is 1.23. The van der Waals surface area contributed by atoms with Crippen molar-refractivity contribution in [3.05, 3.63) is 62.9 Å². The zero-order valence-corrected chi connectivity index (χ0v) is 22.6. The fraction of sp³-hybridized carbons (Fsp3) is 0.536. The first kappa shape index (κ1) is 25.2. The number of primary amides is 1. The predicted octanol–water partition coefficient (Wildman–Crippen LogP) is 3.96. The molecule has 2 fully saturated rings. The number of carbonyl (C=O) groups is 2. The molecule has 3 N–H and O–H groups in total. The number of nitrogens with one attached hydrogen (secondary N) is 1. The van der Waals surface area contributed by atoms with E-state index in [2.05, 4.69) is 57.3 Å². The minimum absolute atomic E-state index is 0.0487. The van der Waals surface area contributed by atoms with Crippen LogP contribution in [0.15, 0.2) is 34.9 Å². The second kappa shape index (κ2) is 10.9. The van der Waals surface area contributed by atoms with Crippen LogP contribution in [-0.2, 0) is 17.6 Å². The van der Waals surface area contributed by atoms with E-state index in [9.17, 15) is 9.59 Å². The van der Waals surface area contributed by atoms with Gasteiger partial charge in [0.25, 0.3) is 0 Å². The Morgan fingerprint density at radius 1 is 1.06 bits per heavy atom. The van der Waals surface area contributed by atoms with E-state index in [4.69, 9.17) is 10.7 Å². The molecule has 5 rings (SSSR count). The number of piperidine rings is 2. The van der Waals surface area contributed by atoms with Crippen molar-refractivity contribution in [2.75, 3.05) is 32.7 Å². The summed E-state index contributed by atoms with van der Waals surface area (Å²) < 4.78 is 1.03. The van der Waals surface area contributed by atoms with Crippen LogP contribution in [-0.4, -0.2) is 59.4 Å². The molecule has 2 aliphatic heterocycles. The third-order valence-corrected chi connectivity index (χ3v) is 8.67. The molecule has 2 saturated heterocycles. The van der Waals surface area contributed by atoms with Crippen LogP contribution in [0.4, 0.5) is 4.79 Å². The molecule has 3 aliphatic rings. The van der Waals surface area contributed by atoms with Gasteiger partial charge in [-0.25, -0.2) is 4.79 Å². The van der Waals surface area contributed by atoms with Crippen molar-refractivity contribution >= 4 is 27.9 Å². The van der Waals surface area contributed by atoms with E-state index in [0.717, 1.165) is 61.8 Å². The number of fused-ring (bicyclic) bond motifs is 2. The van der Waals surface area contributed by atoms with Crippen molar-refractivity contribution in [2.24, 2.45) is 17.6 Å². The number of hydrogen-bond donors (Lipinski definition) is 2. The smallest absolute Gasteiger partial charge is 0.314 e. The highest BCUT2D eigenvalue weighted by Crippen LogP contribution is 2.38. The van der Waals surface area contributed by atoms with E-state index in [1.807, 2.05) is 6.20 Å². The summed E-state index contributed by atoms with van der Waals surface area (Å²) in [5.41, 5.74) is 11.9. The summed E-state index contributed by atoms with van der Waals surface area (Å²) in [5.74, 6) is 0.636. The number of urea groups is 1. The van der Waals surface area contributed by atoms with E-state index in [-0.39, 0.29) is 23.9 Å². The molecule has 36 heavy (non-hydrogen) atoms. The first-order chi connectivity index (χ1) is 17.4. The van der Waals surface area contributed by atoms with Crippen LogP contribution in [0.25, 0.3) is 0 Å². The zero-order chi connectivity index (χ0) is 25.2. The Morgan fingerprint density at radius 2 is 1.78 bits per heavy atom. The van der Waals surface area contributed by atoms with Gasteiger partial charge in [0.15, 0.2) is 0 Å². The topological polar surface area (TPSA) is 91.6 Å². The molecule has 2 aromatic rings. The van der Waals surface area contributed by atoms with Crippen molar-refractivity contribution in [3.8, 4) is 0 Å². The molecule has 1 aliphatic carbocycles. The summed E-state index contributed by atoms with van der Waals surface area (Å²) >= 11 is 3.61. The molecule has 0 bridgehead atoms. The molecule has 1 aromatic carbocycles. The lowest BCUT2D eigenvalue weighted by Gasteiger charge is -2.38. The average molecular weight is 555 g/mol. The Bertz CT molecular complexity index is 1070.